The number of amides is 2. The number of halogens is 4. The third kappa shape index (κ3) is 5.30. The lowest BCUT2D eigenvalue weighted by atomic mass is 10.0. The fourth-order valence-electron chi connectivity index (χ4n) is 4.05. The Labute approximate surface area is 193 Å². The molecule has 1 heterocycles. The Kier molecular flexibility index (Phi) is 6.46. The number of hydrogen-bond acceptors (Lipinski definition) is 4. The maximum atomic E-state index is 13.5. The first-order valence-electron chi connectivity index (χ1n) is 10.9. The van der Waals surface area contributed by atoms with E-state index >= 15 is 0 Å². The third-order valence-electron chi connectivity index (χ3n) is 5.97. The summed E-state index contributed by atoms with van der Waals surface area (Å²) in [5.41, 5.74) is -0.845. The van der Waals surface area contributed by atoms with Crippen LogP contribution in [0.25, 0.3) is 0 Å². The number of alkyl halides is 3. The number of anilines is 1. The largest absolute Gasteiger partial charge is 0.417 e. The monoisotopic (exact) mass is 474 g/mol. The maximum Gasteiger partial charge on any atom is 0.417 e. The highest BCUT2D eigenvalue weighted by Gasteiger charge is 2.39. The molecule has 1 N–H and O–H groups in total. The smallest absolute Gasteiger partial charge is 0.367 e. The molecule has 0 radical (unpaired) electrons. The summed E-state index contributed by atoms with van der Waals surface area (Å²) in [6, 6.07) is 9.73. The summed E-state index contributed by atoms with van der Waals surface area (Å²) >= 11 is 0. The van der Waals surface area contributed by atoms with Gasteiger partial charge >= 0.3 is 6.18 Å². The van der Waals surface area contributed by atoms with Crippen LogP contribution in [0, 0.1) is 17.1 Å². The van der Waals surface area contributed by atoms with Crippen molar-refractivity contribution in [1.82, 2.24) is 10.2 Å². The third-order valence-corrected chi connectivity index (χ3v) is 5.97. The summed E-state index contributed by atoms with van der Waals surface area (Å²) in [6.07, 6.45) is -3.12. The van der Waals surface area contributed by atoms with Gasteiger partial charge < -0.3 is 15.1 Å². The van der Waals surface area contributed by atoms with Crippen LogP contribution in [-0.2, 0) is 22.2 Å². The van der Waals surface area contributed by atoms with Gasteiger partial charge in [0, 0.05) is 31.4 Å². The molecule has 10 heteroatoms. The van der Waals surface area contributed by atoms with Gasteiger partial charge in [-0.15, -0.1) is 0 Å². The van der Waals surface area contributed by atoms with Gasteiger partial charge in [0.05, 0.1) is 23.6 Å². The Morgan fingerprint density at radius 3 is 2.53 bits per heavy atom. The lowest BCUT2D eigenvalue weighted by Gasteiger charge is -2.42. The zero-order chi connectivity index (χ0) is 24.5. The Morgan fingerprint density at radius 1 is 1.12 bits per heavy atom. The second kappa shape index (κ2) is 9.33. The van der Waals surface area contributed by atoms with Crippen molar-refractivity contribution in [2.24, 2.45) is 0 Å². The van der Waals surface area contributed by atoms with Crippen LogP contribution >= 0.6 is 0 Å². The van der Waals surface area contributed by atoms with Crippen LogP contribution in [0.5, 0.6) is 0 Å². The minimum atomic E-state index is -4.70. The molecule has 0 bridgehead atoms. The first-order valence-corrected chi connectivity index (χ1v) is 10.9. The molecule has 1 aliphatic heterocycles. The molecule has 2 fully saturated rings. The van der Waals surface area contributed by atoms with E-state index in [0.29, 0.717) is 5.56 Å². The molecule has 1 unspecified atom stereocenters. The molecule has 6 nitrogen and oxygen atoms in total. The summed E-state index contributed by atoms with van der Waals surface area (Å²) in [7, 11) is 0. The average Bonchev–Trinajstić information content (AvgIpc) is 3.61. The van der Waals surface area contributed by atoms with Gasteiger partial charge in [0.25, 0.3) is 0 Å². The van der Waals surface area contributed by atoms with Crippen molar-refractivity contribution in [2.45, 2.75) is 37.5 Å². The van der Waals surface area contributed by atoms with E-state index < -0.39 is 29.2 Å². The SMILES string of the molecule is N#Cc1ccc(N2CCN(C(=O)Cc3cccc(F)c3)C(C(=O)NC3CC3)C2)cc1C(F)(F)F. The standard InChI is InChI=1S/C24H22F4N4O2/c25-17-3-1-2-15(10-17)11-22(33)32-9-8-31(14-21(32)23(34)30-18-5-6-18)19-7-4-16(13-29)20(12-19)24(26,27)28/h1-4,7,10,12,18,21H,5-6,8-9,11,14H2,(H,30,34). The minimum Gasteiger partial charge on any atom is -0.367 e. The molecule has 1 aliphatic carbocycles. The lowest BCUT2D eigenvalue weighted by Crippen LogP contribution is -2.61. The molecule has 2 aromatic carbocycles. The van der Waals surface area contributed by atoms with Gasteiger partial charge in [0.1, 0.15) is 11.9 Å². The molecular weight excluding hydrogens is 452 g/mol. The van der Waals surface area contributed by atoms with Crippen LogP contribution in [0.3, 0.4) is 0 Å². The fourth-order valence-corrected chi connectivity index (χ4v) is 4.05. The van der Waals surface area contributed by atoms with Crippen molar-refractivity contribution in [1.29, 1.82) is 5.26 Å². The van der Waals surface area contributed by atoms with Crippen LogP contribution < -0.4 is 10.2 Å². The topological polar surface area (TPSA) is 76.4 Å². The molecule has 2 aromatic rings. The van der Waals surface area contributed by atoms with Crippen molar-refractivity contribution in [3.63, 3.8) is 0 Å². The highest BCUT2D eigenvalue weighted by Crippen LogP contribution is 2.35. The molecule has 2 amide bonds. The van der Waals surface area contributed by atoms with Crippen molar-refractivity contribution in [3.05, 3.63) is 65.0 Å². The quantitative estimate of drug-likeness (QED) is 0.675. The summed E-state index contributed by atoms with van der Waals surface area (Å²) < 4.78 is 53.8. The first-order chi connectivity index (χ1) is 16.2. The van der Waals surface area contributed by atoms with Crippen molar-refractivity contribution in [3.8, 4) is 6.07 Å². The van der Waals surface area contributed by atoms with Gasteiger partial charge in [0.15, 0.2) is 0 Å². The van der Waals surface area contributed by atoms with E-state index in [4.69, 9.17) is 5.26 Å². The molecule has 0 aromatic heterocycles. The van der Waals surface area contributed by atoms with Gasteiger partial charge in [-0.1, -0.05) is 12.1 Å². The van der Waals surface area contributed by atoms with E-state index in [1.807, 2.05) is 0 Å². The number of nitriles is 1. The van der Waals surface area contributed by atoms with Gasteiger partial charge in [0.2, 0.25) is 11.8 Å². The van der Waals surface area contributed by atoms with Crippen molar-refractivity contribution >= 4 is 17.5 Å². The number of nitrogens with one attached hydrogen (secondary N) is 1. The number of carbonyl (C=O) groups is 2. The van der Waals surface area contributed by atoms with E-state index in [1.165, 1.54) is 29.2 Å². The van der Waals surface area contributed by atoms with E-state index in [9.17, 15) is 27.2 Å². The zero-order valence-corrected chi connectivity index (χ0v) is 18.1. The second-order valence-electron chi connectivity index (χ2n) is 8.48. The number of rotatable bonds is 5. The maximum absolute atomic E-state index is 13.5. The van der Waals surface area contributed by atoms with E-state index in [0.717, 1.165) is 25.0 Å². The lowest BCUT2D eigenvalue weighted by molar-refractivity contribution is -0.140. The predicted molar refractivity (Wildman–Crippen MR) is 115 cm³/mol. The van der Waals surface area contributed by atoms with Gasteiger partial charge in [-0.05, 0) is 48.7 Å². The molecule has 2 aliphatic rings. The average molecular weight is 474 g/mol. The van der Waals surface area contributed by atoms with Crippen LogP contribution in [0.15, 0.2) is 42.5 Å². The fraction of sp³-hybridized carbons (Fsp3) is 0.375. The summed E-state index contributed by atoms with van der Waals surface area (Å²) in [4.78, 5) is 29.0. The molecule has 178 valence electrons. The summed E-state index contributed by atoms with van der Waals surface area (Å²) in [6.45, 7) is 0.306. The Bertz CT molecular complexity index is 1140. The number of hydrogen-bond donors (Lipinski definition) is 1. The molecule has 0 spiro atoms. The Morgan fingerprint density at radius 2 is 1.88 bits per heavy atom. The molecule has 4 rings (SSSR count). The second-order valence-corrected chi connectivity index (χ2v) is 8.48. The number of nitrogens with zero attached hydrogens (tertiary/aromatic N) is 3. The highest BCUT2D eigenvalue weighted by atomic mass is 19.4. The minimum absolute atomic E-state index is 0.00333. The normalized spacial score (nSPS) is 18.4. The van der Waals surface area contributed by atoms with Crippen LogP contribution in [-0.4, -0.2) is 48.4 Å². The number of benzene rings is 2. The van der Waals surface area contributed by atoms with Crippen LogP contribution in [0.2, 0.25) is 0 Å². The summed E-state index contributed by atoms with van der Waals surface area (Å²) in [5.74, 6) is -1.21. The van der Waals surface area contributed by atoms with Crippen LogP contribution in [0.4, 0.5) is 23.2 Å². The Balaban J connectivity index is 1.57. The highest BCUT2D eigenvalue weighted by molar-refractivity contribution is 5.90. The summed E-state index contributed by atoms with van der Waals surface area (Å²) in [5, 5.41) is 11.9. The Hall–Kier alpha value is -3.61. The van der Waals surface area contributed by atoms with Crippen molar-refractivity contribution < 1.29 is 27.2 Å². The van der Waals surface area contributed by atoms with Gasteiger partial charge in [-0.3, -0.25) is 9.59 Å². The number of piperazine rings is 1. The molecule has 1 saturated carbocycles. The van der Waals surface area contributed by atoms with Gasteiger partial charge in [-0.2, -0.15) is 18.4 Å². The zero-order valence-electron chi connectivity index (χ0n) is 18.1. The molecule has 1 saturated heterocycles. The molecular formula is C24H22F4N4O2. The number of carbonyl (C=O) groups excluding carboxylic acids is 2. The van der Waals surface area contributed by atoms with Crippen LogP contribution in [0.1, 0.15) is 29.5 Å². The predicted octanol–water partition coefficient (Wildman–Crippen LogP) is 3.25. The van der Waals surface area contributed by atoms with Crippen molar-refractivity contribution in [2.75, 3.05) is 24.5 Å². The first kappa shape index (κ1) is 23.5. The van der Waals surface area contributed by atoms with E-state index in [2.05, 4.69) is 5.32 Å². The van der Waals surface area contributed by atoms with E-state index in [-0.39, 0.29) is 49.6 Å². The molecule has 1 atom stereocenters. The van der Waals surface area contributed by atoms with Gasteiger partial charge in [-0.25, -0.2) is 4.39 Å². The van der Waals surface area contributed by atoms with E-state index in [1.54, 1.807) is 17.0 Å². The molecule has 34 heavy (non-hydrogen) atoms.